The second-order valence-corrected chi connectivity index (χ2v) is 6.08. The van der Waals surface area contributed by atoms with Crippen molar-refractivity contribution in [1.29, 1.82) is 0 Å². The van der Waals surface area contributed by atoms with Crippen LogP contribution in [0, 0.1) is 0 Å². The van der Waals surface area contributed by atoms with Gasteiger partial charge in [-0.05, 0) is 37.6 Å². The lowest BCUT2D eigenvalue weighted by atomic mass is 10.2. The van der Waals surface area contributed by atoms with Gasteiger partial charge < -0.3 is 10.4 Å². The van der Waals surface area contributed by atoms with Crippen LogP contribution in [-0.4, -0.2) is 42.3 Å². The first kappa shape index (κ1) is 14.0. The van der Waals surface area contributed by atoms with E-state index < -0.39 is 0 Å². The summed E-state index contributed by atoms with van der Waals surface area (Å²) in [6.45, 7) is 2.28. The fourth-order valence-corrected chi connectivity index (χ4v) is 2.24. The molecule has 0 radical (unpaired) electrons. The molecule has 1 unspecified atom stereocenters. The standard InChI is InChI=1S/C14H21BrN2O/c1-17(9-11-2-4-12(15)5-3-11)10-14(18)8-16-13-6-7-13/h2-5,13-14,16,18H,6-10H2,1H3. The minimum atomic E-state index is -0.286. The summed E-state index contributed by atoms with van der Waals surface area (Å²) < 4.78 is 1.10. The molecule has 1 aliphatic carbocycles. The number of hydrogen-bond acceptors (Lipinski definition) is 3. The van der Waals surface area contributed by atoms with Crippen LogP contribution in [0.4, 0.5) is 0 Å². The molecule has 0 aliphatic heterocycles. The van der Waals surface area contributed by atoms with E-state index in [0.717, 1.165) is 11.0 Å². The van der Waals surface area contributed by atoms with Crippen molar-refractivity contribution >= 4 is 15.9 Å². The van der Waals surface area contributed by atoms with Gasteiger partial charge in [-0.2, -0.15) is 0 Å². The van der Waals surface area contributed by atoms with E-state index in [2.05, 4.69) is 38.3 Å². The normalized spacial score (nSPS) is 17.1. The van der Waals surface area contributed by atoms with Crippen LogP contribution >= 0.6 is 15.9 Å². The Labute approximate surface area is 117 Å². The maximum atomic E-state index is 9.91. The molecule has 0 spiro atoms. The Morgan fingerprint density at radius 3 is 2.67 bits per heavy atom. The average Bonchev–Trinajstić information content (AvgIpc) is 3.13. The molecule has 4 heteroatoms. The van der Waals surface area contributed by atoms with Crippen LogP contribution in [-0.2, 0) is 6.54 Å². The Hall–Kier alpha value is -0.420. The number of halogens is 1. The lowest BCUT2D eigenvalue weighted by molar-refractivity contribution is 0.121. The third-order valence-corrected chi connectivity index (χ3v) is 3.64. The van der Waals surface area contributed by atoms with Gasteiger partial charge in [0.05, 0.1) is 6.10 Å². The third kappa shape index (κ3) is 5.06. The van der Waals surface area contributed by atoms with Crippen LogP contribution < -0.4 is 5.32 Å². The number of aliphatic hydroxyl groups is 1. The molecule has 1 saturated carbocycles. The first-order valence-corrected chi connectivity index (χ1v) is 7.27. The van der Waals surface area contributed by atoms with E-state index in [-0.39, 0.29) is 6.10 Å². The first-order chi connectivity index (χ1) is 8.63. The molecule has 1 atom stereocenters. The molecule has 0 aromatic heterocycles. The Morgan fingerprint density at radius 2 is 2.06 bits per heavy atom. The largest absolute Gasteiger partial charge is 0.390 e. The number of rotatable bonds is 7. The fraction of sp³-hybridized carbons (Fsp3) is 0.571. The van der Waals surface area contributed by atoms with Crippen LogP contribution in [0.15, 0.2) is 28.7 Å². The quantitative estimate of drug-likeness (QED) is 0.808. The van der Waals surface area contributed by atoms with Gasteiger partial charge in [0.1, 0.15) is 0 Å². The fourth-order valence-electron chi connectivity index (χ4n) is 1.98. The van der Waals surface area contributed by atoms with E-state index in [1.165, 1.54) is 18.4 Å². The molecule has 0 saturated heterocycles. The van der Waals surface area contributed by atoms with E-state index in [1.54, 1.807) is 0 Å². The van der Waals surface area contributed by atoms with Gasteiger partial charge in [-0.15, -0.1) is 0 Å². The van der Waals surface area contributed by atoms with E-state index in [9.17, 15) is 5.11 Å². The number of nitrogens with zero attached hydrogens (tertiary/aromatic N) is 1. The predicted octanol–water partition coefficient (Wildman–Crippen LogP) is 1.99. The number of benzene rings is 1. The van der Waals surface area contributed by atoms with Crippen LogP contribution in [0.3, 0.4) is 0 Å². The van der Waals surface area contributed by atoms with Crippen molar-refractivity contribution in [3.63, 3.8) is 0 Å². The van der Waals surface area contributed by atoms with Crippen LogP contribution in [0.1, 0.15) is 18.4 Å². The van der Waals surface area contributed by atoms with Gasteiger partial charge in [0.25, 0.3) is 0 Å². The molecule has 100 valence electrons. The number of hydrogen-bond donors (Lipinski definition) is 2. The van der Waals surface area contributed by atoms with Crippen molar-refractivity contribution in [2.75, 3.05) is 20.1 Å². The smallest absolute Gasteiger partial charge is 0.0791 e. The maximum absolute atomic E-state index is 9.91. The summed E-state index contributed by atoms with van der Waals surface area (Å²) in [5.74, 6) is 0. The molecule has 2 rings (SSSR count). The summed E-state index contributed by atoms with van der Waals surface area (Å²) in [4.78, 5) is 2.16. The molecule has 3 nitrogen and oxygen atoms in total. The molecular weight excluding hydrogens is 292 g/mol. The second-order valence-electron chi connectivity index (χ2n) is 5.16. The Bertz CT molecular complexity index is 365. The molecule has 1 aliphatic rings. The van der Waals surface area contributed by atoms with Crippen molar-refractivity contribution in [1.82, 2.24) is 10.2 Å². The summed E-state index contributed by atoms with van der Waals surface area (Å²) in [6.07, 6.45) is 2.24. The Balaban J connectivity index is 1.69. The lowest BCUT2D eigenvalue weighted by Crippen LogP contribution is -2.37. The molecular formula is C14H21BrN2O. The zero-order valence-electron chi connectivity index (χ0n) is 10.8. The monoisotopic (exact) mass is 312 g/mol. The van der Waals surface area contributed by atoms with Gasteiger partial charge in [0, 0.05) is 30.1 Å². The number of likely N-dealkylation sites (N-methyl/N-ethyl adjacent to an activating group) is 1. The highest BCUT2D eigenvalue weighted by atomic mass is 79.9. The molecule has 1 fully saturated rings. The highest BCUT2D eigenvalue weighted by Crippen LogP contribution is 2.18. The first-order valence-electron chi connectivity index (χ1n) is 6.48. The molecule has 18 heavy (non-hydrogen) atoms. The van der Waals surface area contributed by atoms with Crippen molar-refractivity contribution in [2.45, 2.75) is 31.5 Å². The molecule has 2 N–H and O–H groups in total. The number of aliphatic hydroxyl groups excluding tert-OH is 1. The third-order valence-electron chi connectivity index (χ3n) is 3.11. The second kappa shape index (κ2) is 6.66. The van der Waals surface area contributed by atoms with Crippen LogP contribution in [0.2, 0.25) is 0 Å². The minimum Gasteiger partial charge on any atom is -0.390 e. The predicted molar refractivity (Wildman–Crippen MR) is 77.5 cm³/mol. The minimum absolute atomic E-state index is 0.286. The van der Waals surface area contributed by atoms with Gasteiger partial charge in [-0.3, -0.25) is 4.90 Å². The van der Waals surface area contributed by atoms with Crippen molar-refractivity contribution in [3.05, 3.63) is 34.3 Å². The van der Waals surface area contributed by atoms with Gasteiger partial charge >= 0.3 is 0 Å². The van der Waals surface area contributed by atoms with Gasteiger partial charge in [-0.1, -0.05) is 28.1 Å². The zero-order chi connectivity index (χ0) is 13.0. The van der Waals surface area contributed by atoms with E-state index >= 15 is 0 Å². The summed E-state index contributed by atoms with van der Waals surface area (Å²) in [7, 11) is 2.04. The summed E-state index contributed by atoms with van der Waals surface area (Å²) >= 11 is 3.43. The lowest BCUT2D eigenvalue weighted by Gasteiger charge is -2.21. The molecule has 1 aromatic carbocycles. The summed E-state index contributed by atoms with van der Waals surface area (Å²) in [5, 5.41) is 13.3. The SMILES string of the molecule is CN(Cc1ccc(Br)cc1)CC(O)CNC1CC1. The number of nitrogens with one attached hydrogen (secondary N) is 1. The van der Waals surface area contributed by atoms with Gasteiger partial charge in [0.15, 0.2) is 0 Å². The molecule has 0 heterocycles. The molecule has 1 aromatic rings. The molecule has 0 bridgehead atoms. The van der Waals surface area contributed by atoms with Gasteiger partial charge in [0.2, 0.25) is 0 Å². The summed E-state index contributed by atoms with van der Waals surface area (Å²) in [6, 6.07) is 8.98. The van der Waals surface area contributed by atoms with Crippen molar-refractivity contribution in [3.8, 4) is 0 Å². The Kier molecular flexibility index (Phi) is 5.18. The zero-order valence-corrected chi connectivity index (χ0v) is 12.4. The van der Waals surface area contributed by atoms with E-state index in [1.807, 2.05) is 19.2 Å². The topological polar surface area (TPSA) is 35.5 Å². The molecule has 0 amide bonds. The van der Waals surface area contributed by atoms with E-state index in [4.69, 9.17) is 0 Å². The van der Waals surface area contributed by atoms with Crippen molar-refractivity contribution in [2.24, 2.45) is 0 Å². The maximum Gasteiger partial charge on any atom is 0.0791 e. The highest BCUT2D eigenvalue weighted by molar-refractivity contribution is 9.10. The summed E-state index contributed by atoms with van der Waals surface area (Å²) in [5.41, 5.74) is 1.27. The highest BCUT2D eigenvalue weighted by Gasteiger charge is 2.21. The van der Waals surface area contributed by atoms with Crippen molar-refractivity contribution < 1.29 is 5.11 Å². The van der Waals surface area contributed by atoms with Crippen LogP contribution in [0.25, 0.3) is 0 Å². The van der Waals surface area contributed by atoms with Crippen LogP contribution in [0.5, 0.6) is 0 Å². The Morgan fingerprint density at radius 1 is 1.39 bits per heavy atom. The van der Waals surface area contributed by atoms with Gasteiger partial charge in [-0.25, -0.2) is 0 Å². The average molecular weight is 313 g/mol. The van der Waals surface area contributed by atoms with E-state index in [0.29, 0.717) is 19.1 Å².